The highest BCUT2D eigenvalue weighted by Gasteiger charge is 2.31. The highest BCUT2D eigenvalue weighted by atomic mass is 32.2. The predicted octanol–water partition coefficient (Wildman–Crippen LogP) is 0.416. The average Bonchev–Trinajstić information content (AvgIpc) is 3.27. The zero-order chi connectivity index (χ0) is 14.6. The summed E-state index contributed by atoms with van der Waals surface area (Å²) in [4.78, 5) is 0. The molecule has 1 aliphatic heterocycles. The van der Waals surface area contributed by atoms with Gasteiger partial charge in [0.05, 0.1) is 12.7 Å². The smallest absolute Gasteiger partial charge is 0.281 e. The van der Waals surface area contributed by atoms with Gasteiger partial charge >= 0.3 is 0 Å². The molecule has 20 heavy (non-hydrogen) atoms. The van der Waals surface area contributed by atoms with Crippen LogP contribution in [0.4, 0.5) is 0 Å². The van der Waals surface area contributed by atoms with Gasteiger partial charge < -0.3 is 10.1 Å². The van der Waals surface area contributed by atoms with E-state index in [2.05, 4.69) is 5.32 Å². The molecule has 0 bridgehead atoms. The van der Waals surface area contributed by atoms with E-state index in [1.165, 1.54) is 17.1 Å². The number of hydrogen-bond acceptors (Lipinski definition) is 4. The maximum atomic E-state index is 12.5. The molecule has 1 saturated heterocycles. The first-order valence-corrected chi connectivity index (χ1v) is 9.00. The molecule has 1 atom stereocenters. The Morgan fingerprint density at radius 3 is 2.80 bits per heavy atom. The van der Waals surface area contributed by atoms with Gasteiger partial charge in [-0.2, -0.15) is 17.0 Å². The number of nitrogens with one attached hydrogen (secondary N) is 1. The summed E-state index contributed by atoms with van der Waals surface area (Å²) in [5.41, 5.74) is 0. The molecule has 1 N–H and O–H groups in total. The molecule has 118 valence electrons. The maximum absolute atomic E-state index is 12.5. The van der Waals surface area contributed by atoms with E-state index in [1.54, 1.807) is 11.4 Å². The SMILES string of the molecule is CCC1CN(S(=O)(=O)N(C)CCCNC2CC2)CCO1. The first kappa shape index (κ1) is 16.2. The second-order valence-corrected chi connectivity index (χ2v) is 7.71. The van der Waals surface area contributed by atoms with Crippen LogP contribution in [0.15, 0.2) is 0 Å². The van der Waals surface area contributed by atoms with Crippen LogP contribution in [0.5, 0.6) is 0 Å². The van der Waals surface area contributed by atoms with Gasteiger partial charge in [0.1, 0.15) is 0 Å². The van der Waals surface area contributed by atoms with Crippen LogP contribution in [0.3, 0.4) is 0 Å². The zero-order valence-electron chi connectivity index (χ0n) is 12.5. The molecule has 1 unspecified atom stereocenters. The molecule has 7 heteroatoms. The molecule has 0 radical (unpaired) electrons. The van der Waals surface area contributed by atoms with Gasteiger partial charge in [0.15, 0.2) is 0 Å². The standard InChI is InChI=1S/C13H27N3O3S/c1-3-13-11-16(9-10-19-13)20(17,18)15(2)8-4-7-14-12-5-6-12/h12-14H,3-11H2,1-2H3. The number of rotatable bonds is 8. The van der Waals surface area contributed by atoms with Gasteiger partial charge in [-0.15, -0.1) is 0 Å². The first-order valence-electron chi connectivity index (χ1n) is 7.60. The maximum Gasteiger partial charge on any atom is 0.281 e. The van der Waals surface area contributed by atoms with E-state index in [0.29, 0.717) is 32.3 Å². The summed E-state index contributed by atoms with van der Waals surface area (Å²) in [5, 5.41) is 3.40. The summed E-state index contributed by atoms with van der Waals surface area (Å²) in [6.45, 7) is 4.91. The van der Waals surface area contributed by atoms with Crippen molar-refractivity contribution in [2.24, 2.45) is 0 Å². The van der Waals surface area contributed by atoms with E-state index in [9.17, 15) is 8.42 Å². The van der Waals surface area contributed by atoms with E-state index in [4.69, 9.17) is 4.74 Å². The van der Waals surface area contributed by atoms with Crippen LogP contribution in [0.25, 0.3) is 0 Å². The van der Waals surface area contributed by atoms with Crippen LogP contribution in [0, 0.1) is 0 Å². The topological polar surface area (TPSA) is 61.9 Å². The number of nitrogens with zero attached hydrogens (tertiary/aromatic N) is 2. The summed E-state index contributed by atoms with van der Waals surface area (Å²) >= 11 is 0. The molecule has 6 nitrogen and oxygen atoms in total. The summed E-state index contributed by atoms with van der Waals surface area (Å²) in [5.74, 6) is 0. The molecular weight excluding hydrogens is 278 g/mol. The minimum atomic E-state index is -3.33. The third-order valence-corrected chi connectivity index (χ3v) is 5.89. The van der Waals surface area contributed by atoms with Crippen LogP contribution in [-0.2, 0) is 14.9 Å². The van der Waals surface area contributed by atoms with Crippen LogP contribution in [0.2, 0.25) is 0 Å². The summed E-state index contributed by atoms with van der Waals surface area (Å²) in [7, 11) is -1.66. The van der Waals surface area contributed by atoms with Crippen molar-refractivity contribution in [1.29, 1.82) is 0 Å². The summed E-state index contributed by atoms with van der Waals surface area (Å²) in [6, 6.07) is 0.682. The Balaban J connectivity index is 1.77. The van der Waals surface area contributed by atoms with Crippen molar-refractivity contribution < 1.29 is 13.2 Å². The molecule has 1 heterocycles. The lowest BCUT2D eigenvalue weighted by atomic mass is 10.2. The van der Waals surface area contributed by atoms with Gasteiger partial charge in [-0.1, -0.05) is 6.92 Å². The van der Waals surface area contributed by atoms with Crippen molar-refractivity contribution in [2.45, 2.75) is 44.8 Å². The zero-order valence-corrected chi connectivity index (χ0v) is 13.4. The third kappa shape index (κ3) is 4.39. The van der Waals surface area contributed by atoms with Crippen LogP contribution < -0.4 is 5.32 Å². The molecule has 2 fully saturated rings. The molecule has 0 aromatic rings. The lowest BCUT2D eigenvalue weighted by molar-refractivity contribution is -0.00427. The number of ether oxygens (including phenoxy) is 1. The van der Waals surface area contributed by atoms with E-state index in [-0.39, 0.29) is 6.10 Å². The minimum Gasteiger partial charge on any atom is -0.375 e. The van der Waals surface area contributed by atoms with E-state index < -0.39 is 10.2 Å². The molecule has 0 aromatic heterocycles. The Morgan fingerprint density at radius 1 is 1.40 bits per heavy atom. The van der Waals surface area contributed by atoms with Crippen molar-refractivity contribution >= 4 is 10.2 Å². The highest BCUT2D eigenvalue weighted by molar-refractivity contribution is 7.86. The molecule has 2 aliphatic rings. The van der Waals surface area contributed by atoms with Crippen molar-refractivity contribution in [1.82, 2.24) is 13.9 Å². The molecule has 0 aromatic carbocycles. The van der Waals surface area contributed by atoms with Gasteiger partial charge in [0, 0.05) is 32.7 Å². The molecule has 2 rings (SSSR count). The van der Waals surface area contributed by atoms with E-state index in [0.717, 1.165) is 19.4 Å². The quantitative estimate of drug-likeness (QED) is 0.660. The van der Waals surface area contributed by atoms with Crippen molar-refractivity contribution in [3.05, 3.63) is 0 Å². The molecule has 1 saturated carbocycles. The van der Waals surface area contributed by atoms with Crippen LogP contribution >= 0.6 is 0 Å². The fourth-order valence-corrected chi connectivity index (χ4v) is 3.77. The van der Waals surface area contributed by atoms with Crippen molar-refractivity contribution in [2.75, 3.05) is 39.8 Å². The molecule has 1 aliphatic carbocycles. The predicted molar refractivity (Wildman–Crippen MR) is 78.8 cm³/mol. The van der Waals surface area contributed by atoms with Gasteiger partial charge in [-0.3, -0.25) is 0 Å². The van der Waals surface area contributed by atoms with Gasteiger partial charge in [0.2, 0.25) is 0 Å². The van der Waals surface area contributed by atoms with Gasteiger partial charge in [-0.05, 0) is 32.2 Å². The first-order chi connectivity index (χ1) is 9.54. The Morgan fingerprint density at radius 2 is 2.15 bits per heavy atom. The second-order valence-electron chi connectivity index (χ2n) is 5.67. The summed E-state index contributed by atoms with van der Waals surface area (Å²) < 4.78 is 33.5. The van der Waals surface area contributed by atoms with Gasteiger partial charge in [0.25, 0.3) is 10.2 Å². The monoisotopic (exact) mass is 305 g/mol. The number of morpholine rings is 1. The fourth-order valence-electron chi connectivity index (χ4n) is 2.36. The Kier molecular flexibility index (Phi) is 5.80. The van der Waals surface area contributed by atoms with Crippen molar-refractivity contribution in [3.63, 3.8) is 0 Å². The fraction of sp³-hybridized carbons (Fsp3) is 1.00. The lowest BCUT2D eigenvalue weighted by Crippen LogP contribution is -2.50. The van der Waals surface area contributed by atoms with E-state index >= 15 is 0 Å². The normalized spacial score (nSPS) is 25.2. The highest BCUT2D eigenvalue weighted by Crippen LogP contribution is 2.18. The largest absolute Gasteiger partial charge is 0.375 e. The Labute approximate surface area is 122 Å². The molecule has 0 spiro atoms. The lowest BCUT2D eigenvalue weighted by Gasteiger charge is -2.34. The Bertz CT molecular complexity index is 398. The summed E-state index contributed by atoms with van der Waals surface area (Å²) in [6.07, 6.45) is 4.26. The second kappa shape index (κ2) is 7.17. The van der Waals surface area contributed by atoms with Gasteiger partial charge in [-0.25, -0.2) is 0 Å². The molecule has 0 amide bonds. The Hall–Kier alpha value is -0.210. The minimum absolute atomic E-state index is 0.0310. The molecular formula is C13H27N3O3S. The average molecular weight is 305 g/mol. The van der Waals surface area contributed by atoms with Crippen molar-refractivity contribution in [3.8, 4) is 0 Å². The van der Waals surface area contributed by atoms with E-state index in [1.807, 2.05) is 6.92 Å². The third-order valence-electron chi connectivity index (χ3n) is 3.94. The van der Waals surface area contributed by atoms with Crippen LogP contribution in [-0.4, -0.2) is 69.0 Å². The number of hydrogen-bond donors (Lipinski definition) is 1. The van der Waals surface area contributed by atoms with Crippen LogP contribution in [0.1, 0.15) is 32.6 Å².